The Bertz CT molecular complexity index is 1940. The average Bonchev–Trinajstić information content (AvgIpc) is 3.72. The Morgan fingerprint density at radius 3 is 2.18 bits per heavy atom. The lowest BCUT2D eigenvalue weighted by Crippen LogP contribution is -2.36. The smallest absolute Gasteiger partial charge is 0.387 e. The molecule has 3 unspecified atom stereocenters. The molecule has 9 N–H and O–H groups in total. The fourth-order valence-electron chi connectivity index (χ4n) is 5.30. The number of nitrogens with two attached hydrogens (primary N) is 2. The molecule has 242 valence electrons. The van der Waals surface area contributed by atoms with E-state index < -0.39 is 83.5 Å². The lowest BCUT2D eigenvalue weighted by molar-refractivity contribution is -0.0672. The van der Waals surface area contributed by atoms with Crippen molar-refractivity contribution in [1.29, 1.82) is 0 Å². The molecular weight excluding hydrogens is 650 g/mol. The number of nitrogens with zero attached hydrogens (tertiary/aromatic N) is 7. The first-order chi connectivity index (χ1) is 21.3. The van der Waals surface area contributed by atoms with Gasteiger partial charge >= 0.3 is 15.6 Å². The second-order valence-corrected chi connectivity index (χ2v) is 13.0. The fraction of sp³-hybridized carbons (Fsp3) is 0.500. The monoisotopic (exact) mass is 674 g/mol. The highest BCUT2D eigenvalue weighted by Crippen LogP contribution is 2.53. The van der Waals surface area contributed by atoms with Crippen molar-refractivity contribution in [2.45, 2.75) is 49.1 Å². The maximum Gasteiger partial charge on any atom is 0.472 e. The summed E-state index contributed by atoms with van der Waals surface area (Å²) in [5, 5.41) is 22.1. The van der Waals surface area contributed by atoms with Crippen LogP contribution in [0.5, 0.6) is 0 Å². The van der Waals surface area contributed by atoms with Gasteiger partial charge in [-0.1, -0.05) is 0 Å². The molecule has 3 aliphatic heterocycles. The van der Waals surface area contributed by atoms with Crippen LogP contribution in [-0.2, 0) is 36.7 Å². The van der Waals surface area contributed by atoms with Gasteiger partial charge in [0.25, 0.3) is 5.56 Å². The van der Waals surface area contributed by atoms with Crippen LogP contribution in [0.3, 0.4) is 0 Å². The lowest BCUT2D eigenvalue weighted by Gasteiger charge is -2.25. The first kappa shape index (κ1) is 30.2. The summed E-state index contributed by atoms with van der Waals surface area (Å²) in [6.07, 6.45) is -9.21. The summed E-state index contributed by atoms with van der Waals surface area (Å²) in [4.78, 5) is 55.8. The summed E-state index contributed by atoms with van der Waals surface area (Å²) < 4.78 is 61.0. The van der Waals surface area contributed by atoms with Crippen LogP contribution in [0.25, 0.3) is 22.3 Å². The predicted octanol–water partition coefficient (Wildman–Crippen LogP) is -2.34. The van der Waals surface area contributed by atoms with Gasteiger partial charge in [0.05, 0.1) is 25.9 Å². The number of nitrogens with one attached hydrogen (secondary N) is 1. The molecule has 0 aromatic carbocycles. The van der Waals surface area contributed by atoms with Gasteiger partial charge < -0.3 is 40.9 Å². The number of aromatic nitrogens is 8. The number of anilines is 2. The molecule has 3 fully saturated rings. The Hall–Kier alpha value is -3.44. The van der Waals surface area contributed by atoms with Gasteiger partial charge in [0.1, 0.15) is 48.5 Å². The molecule has 0 saturated carbocycles. The number of aliphatic hydroxyl groups excluding tert-OH is 2. The largest absolute Gasteiger partial charge is 0.472 e. The zero-order valence-electron chi connectivity index (χ0n) is 22.4. The quantitative estimate of drug-likeness (QED) is 0.109. The Kier molecular flexibility index (Phi) is 7.27. The predicted molar refractivity (Wildman–Crippen MR) is 143 cm³/mol. The molecule has 4 aromatic rings. The number of rotatable bonds is 2. The topological polar surface area (TPSA) is 330 Å². The van der Waals surface area contributed by atoms with Crippen molar-refractivity contribution in [2.75, 3.05) is 24.7 Å². The Morgan fingerprint density at radius 2 is 1.44 bits per heavy atom. The zero-order valence-corrected chi connectivity index (χ0v) is 24.2. The molecule has 3 aliphatic rings. The third kappa shape index (κ3) is 5.31. The van der Waals surface area contributed by atoms with Crippen molar-refractivity contribution in [2.24, 2.45) is 0 Å². The number of phosphoric acid groups is 2. The minimum Gasteiger partial charge on any atom is -0.387 e. The van der Waals surface area contributed by atoms with Crippen LogP contribution in [0.1, 0.15) is 12.5 Å². The maximum absolute atomic E-state index is 13.2. The van der Waals surface area contributed by atoms with Crippen molar-refractivity contribution in [3.63, 3.8) is 0 Å². The van der Waals surface area contributed by atoms with Crippen LogP contribution >= 0.6 is 15.6 Å². The van der Waals surface area contributed by atoms with E-state index in [0.29, 0.717) is 0 Å². The summed E-state index contributed by atoms with van der Waals surface area (Å²) in [5.41, 5.74) is 10.8. The van der Waals surface area contributed by atoms with E-state index in [0.717, 1.165) is 17.2 Å². The van der Waals surface area contributed by atoms with E-state index in [-0.39, 0.29) is 34.1 Å². The van der Waals surface area contributed by atoms with Crippen molar-refractivity contribution in [1.82, 2.24) is 39.0 Å². The van der Waals surface area contributed by atoms with E-state index in [1.54, 1.807) is 0 Å². The number of nitrogen functional groups attached to an aromatic ring is 2. The molecule has 0 radical (unpaired) electrons. The molecule has 0 aliphatic carbocycles. The standard InChI is InChI=1S/C20H24N10O13P2/c21-14-8-15(24-3-23-14)29(4-25-8)18-11(32)12-7(41-18)2-39-45(36,37)43-13-10(31)6(1-38-44(34,35)42-12)40-19(13)30-5-26-9-16(30)27-20(22)28-17(9)33/h3-7,10-13,18-19,31-32H,1-2H2,(H,34,35)(H,36,37)(H2,21,23,24)(H3,22,27,28,33)/t6-,7?,10-,11-,12-,13-,18-,19-/m1/s1. The molecule has 7 rings (SSSR count). The second-order valence-electron chi connectivity index (χ2n) is 10.1. The van der Waals surface area contributed by atoms with Crippen LogP contribution in [0.15, 0.2) is 23.8 Å². The third-order valence-electron chi connectivity index (χ3n) is 7.32. The van der Waals surface area contributed by atoms with Crippen LogP contribution in [0.4, 0.5) is 11.8 Å². The SMILES string of the molecule is Nc1nc2c(ncn2[C@@H]2O[C@@H]3COP(=O)(O)O[C@@H]4C(COP(=O)(O)O[C@@H]2[C@@H]3O)O[C@@H](n2cnc3c(N)ncnc32)[C@@H]4O)c(=O)[nH]1. The average molecular weight is 674 g/mol. The number of aliphatic hydroxyl groups is 2. The molecule has 23 nitrogen and oxygen atoms in total. The number of hydrogen-bond acceptors (Lipinski definition) is 18. The van der Waals surface area contributed by atoms with Crippen molar-refractivity contribution >= 4 is 49.7 Å². The number of ether oxygens (including phenoxy) is 2. The summed E-state index contributed by atoms with van der Waals surface area (Å²) in [5.74, 6) is -0.250. The number of aromatic amines is 1. The van der Waals surface area contributed by atoms with E-state index in [1.165, 1.54) is 10.9 Å². The molecule has 3 saturated heterocycles. The number of phosphoric ester groups is 2. The van der Waals surface area contributed by atoms with Gasteiger partial charge in [0.15, 0.2) is 35.1 Å². The molecule has 10 atom stereocenters. The molecule has 0 spiro atoms. The van der Waals surface area contributed by atoms with E-state index >= 15 is 0 Å². The molecule has 4 aromatic heterocycles. The highest BCUT2D eigenvalue weighted by atomic mass is 31.2. The van der Waals surface area contributed by atoms with Gasteiger partial charge in [0.2, 0.25) is 5.95 Å². The number of hydrogen-bond donors (Lipinski definition) is 7. The lowest BCUT2D eigenvalue weighted by atomic mass is 10.1. The van der Waals surface area contributed by atoms with E-state index in [9.17, 15) is 33.9 Å². The van der Waals surface area contributed by atoms with Gasteiger partial charge in [0, 0.05) is 0 Å². The Labute approximate surface area is 248 Å². The summed E-state index contributed by atoms with van der Waals surface area (Å²) >= 11 is 0. The van der Waals surface area contributed by atoms with Crippen LogP contribution in [0, 0.1) is 0 Å². The van der Waals surface area contributed by atoms with Crippen molar-refractivity contribution in [3.05, 3.63) is 29.3 Å². The minimum atomic E-state index is -5.11. The third-order valence-corrected chi connectivity index (χ3v) is 9.29. The molecule has 25 heteroatoms. The van der Waals surface area contributed by atoms with Gasteiger partial charge in [-0.3, -0.25) is 37.0 Å². The Morgan fingerprint density at radius 1 is 0.822 bits per heavy atom. The van der Waals surface area contributed by atoms with E-state index in [1.807, 2.05) is 0 Å². The molecule has 2 bridgehead atoms. The second kappa shape index (κ2) is 10.8. The van der Waals surface area contributed by atoms with E-state index in [4.69, 9.17) is 39.0 Å². The molecule has 0 amide bonds. The van der Waals surface area contributed by atoms with Gasteiger partial charge in [-0.15, -0.1) is 0 Å². The normalized spacial score (nSPS) is 37.7. The van der Waals surface area contributed by atoms with Gasteiger partial charge in [-0.05, 0) is 0 Å². The molecule has 45 heavy (non-hydrogen) atoms. The van der Waals surface area contributed by atoms with Crippen LogP contribution in [-0.4, -0.2) is 109 Å². The van der Waals surface area contributed by atoms with E-state index in [2.05, 4.69) is 29.9 Å². The van der Waals surface area contributed by atoms with Gasteiger partial charge in [-0.2, -0.15) is 4.98 Å². The van der Waals surface area contributed by atoms with Crippen molar-refractivity contribution < 1.29 is 56.7 Å². The highest BCUT2D eigenvalue weighted by molar-refractivity contribution is 7.47. The fourth-order valence-corrected chi connectivity index (χ4v) is 7.19. The number of imidazole rings is 2. The van der Waals surface area contributed by atoms with Gasteiger partial charge in [-0.25, -0.2) is 29.1 Å². The molecule has 7 heterocycles. The molecular formula is C20H24N10O13P2. The maximum atomic E-state index is 13.2. The number of H-pyrrole nitrogens is 1. The summed E-state index contributed by atoms with van der Waals surface area (Å²) in [6, 6.07) is 0. The highest BCUT2D eigenvalue weighted by Gasteiger charge is 2.54. The van der Waals surface area contributed by atoms with Crippen molar-refractivity contribution in [3.8, 4) is 0 Å². The first-order valence-corrected chi connectivity index (χ1v) is 15.9. The Balaban J connectivity index is 1.21. The summed E-state index contributed by atoms with van der Waals surface area (Å²) in [6.45, 7) is -1.65. The summed E-state index contributed by atoms with van der Waals surface area (Å²) in [7, 11) is -10.2. The zero-order chi connectivity index (χ0) is 31.8. The van der Waals surface area contributed by atoms with Crippen LogP contribution < -0.4 is 17.0 Å². The van der Waals surface area contributed by atoms with Crippen LogP contribution in [0.2, 0.25) is 0 Å². The first-order valence-electron chi connectivity index (χ1n) is 13.0. The minimum absolute atomic E-state index is 0.0343. The number of fused-ring (bicyclic) bond motifs is 5.